The average molecular weight is 491 g/mol. The Balaban J connectivity index is 3.04. The van der Waals surface area contributed by atoms with Crippen LogP contribution < -0.4 is 0 Å². The van der Waals surface area contributed by atoms with Gasteiger partial charge in [-0.3, -0.25) is 4.79 Å². The first-order valence-electron chi connectivity index (χ1n) is 11.5. The molecule has 0 saturated carbocycles. The Morgan fingerprint density at radius 1 is 0.594 bits per heavy atom. The minimum Gasteiger partial charge on any atom is -0.379 e. The van der Waals surface area contributed by atoms with E-state index >= 15 is 0 Å². The zero-order chi connectivity index (χ0) is 23.8. The zero-order valence-corrected chi connectivity index (χ0v) is 20.2. The summed E-state index contributed by atoms with van der Waals surface area (Å²) in [5.74, 6) is 0.952. The van der Waals surface area contributed by atoms with Crippen LogP contribution in [-0.2, 0) is 28.5 Å². The van der Waals surface area contributed by atoms with Gasteiger partial charge in [0.25, 0.3) is 0 Å². The summed E-state index contributed by atoms with van der Waals surface area (Å²) >= 11 is 1.42. The first kappa shape index (κ1) is 31.6. The summed E-state index contributed by atoms with van der Waals surface area (Å²) in [5, 5.41) is 0.212. The standard InChI is InChI=1S/C22H41F3O6S/c1-21(26)32-19-9-7-5-3-2-4-6-8-10-27-11-12-28-13-14-29-15-16-30-17-18-31-20-22(23,24)25/h2-20H2,1H3. The molecule has 0 heterocycles. The van der Waals surface area contributed by atoms with Crippen LogP contribution in [0.15, 0.2) is 0 Å². The van der Waals surface area contributed by atoms with Crippen LogP contribution >= 0.6 is 11.8 Å². The molecule has 0 aliphatic carbocycles. The molecule has 0 aliphatic heterocycles. The molecule has 0 atom stereocenters. The van der Waals surface area contributed by atoms with Gasteiger partial charge in [0, 0.05) is 19.3 Å². The van der Waals surface area contributed by atoms with Crippen molar-refractivity contribution < 1.29 is 41.7 Å². The molecule has 32 heavy (non-hydrogen) atoms. The number of thioether (sulfide) groups is 1. The van der Waals surface area contributed by atoms with Gasteiger partial charge in [-0.1, -0.05) is 50.3 Å². The maximum absolute atomic E-state index is 11.8. The van der Waals surface area contributed by atoms with Crippen LogP contribution in [0.25, 0.3) is 0 Å². The van der Waals surface area contributed by atoms with Crippen molar-refractivity contribution in [2.24, 2.45) is 0 Å². The van der Waals surface area contributed by atoms with Gasteiger partial charge in [0.1, 0.15) is 6.61 Å². The number of hydrogen-bond acceptors (Lipinski definition) is 7. The van der Waals surface area contributed by atoms with Gasteiger partial charge in [0.15, 0.2) is 5.12 Å². The summed E-state index contributed by atoms with van der Waals surface area (Å²) in [4.78, 5) is 10.8. The molecule has 0 aromatic rings. The Morgan fingerprint density at radius 3 is 1.41 bits per heavy atom. The number of ether oxygens (including phenoxy) is 5. The number of carbonyl (C=O) groups excluding carboxylic acids is 1. The van der Waals surface area contributed by atoms with E-state index in [1.165, 1.54) is 50.3 Å². The van der Waals surface area contributed by atoms with E-state index in [0.717, 1.165) is 25.2 Å². The summed E-state index contributed by atoms with van der Waals surface area (Å²) in [6.45, 7) is 3.80. The fourth-order valence-corrected chi connectivity index (χ4v) is 3.29. The molecule has 0 aromatic heterocycles. The summed E-state index contributed by atoms with van der Waals surface area (Å²) in [6.07, 6.45) is 5.33. The monoisotopic (exact) mass is 490 g/mol. The second-order valence-electron chi connectivity index (χ2n) is 7.29. The molecule has 0 unspecified atom stereocenters. The molecule has 10 heteroatoms. The van der Waals surface area contributed by atoms with Gasteiger partial charge < -0.3 is 23.7 Å². The van der Waals surface area contributed by atoms with Gasteiger partial charge in [0.2, 0.25) is 0 Å². The molecular formula is C22H41F3O6S. The maximum Gasteiger partial charge on any atom is 0.411 e. The van der Waals surface area contributed by atoms with Crippen molar-refractivity contribution in [1.82, 2.24) is 0 Å². The molecule has 0 saturated heterocycles. The quantitative estimate of drug-likeness (QED) is 0.176. The minimum atomic E-state index is -4.30. The number of alkyl halides is 3. The largest absolute Gasteiger partial charge is 0.411 e. The average Bonchev–Trinajstić information content (AvgIpc) is 2.72. The Morgan fingerprint density at radius 2 is 0.969 bits per heavy atom. The second-order valence-corrected chi connectivity index (χ2v) is 8.56. The summed E-state index contributed by atoms with van der Waals surface area (Å²) in [5.41, 5.74) is 0. The van der Waals surface area contributed by atoms with E-state index in [1.54, 1.807) is 6.92 Å². The summed E-state index contributed by atoms with van der Waals surface area (Å²) in [6, 6.07) is 0. The number of halogens is 3. The molecule has 0 aliphatic rings. The van der Waals surface area contributed by atoms with Crippen molar-refractivity contribution in [3.63, 3.8) is 0 Å². The van der Waals surface area contributed by atoms with Crippen LogP contribution in [0, 0.1) is 0 Å². The predicted octanol–water partition coefficient (Wildman–Crippen LogP) is 5.03. The molecule has 0 spiro atoms. The summed E-state index contributed by atoms with van der Waals surface area (Å²) < 4.78 is 61.2. The Hall–Kier alpha value is -0.390. The Kier molecular flexibility index (Phi) is 23.5. The SMILES string of the molecule is CC(=O)SCCCCCCCCCCOCCOCCOCCOCCOCC(F)(F)F. The smallest absolute Gasteiger partial charge is 0.379 e. The molecule has 192 valence electrons. The number of unbranched alkanes of at least 4 members (excludes halogenated alkanes) is 7. The third-order valence-corrected chi connectivity index (χ3v) is 5.14. The van der Waals surface area contributed by atoms with Gasteiger partial charge in [-0.25, -0.2) is 0 Å². The lowest BCUT2D eigenvalue weighted by Crippen LogP contribution is -2.19. The van der Waals surface area contributed by atoms with Crippen molar-refractivity contribution in [1.29, 1.82) is 0 Å². The van der Waals surface area contributed by atoms with Gasteiger partial charge >= 0.3 is 6.18 Å². The van der Waals surface area contributed by atoms with Crippen LogP contribution in [0.2, 0.25) is 0 Å². The lowest BCUT2D eigenvalue weighted by Gasteiger charge is -2.09. The van der Waals surface area contributed by atoms with Gasteiger partial charge in [-0.15, -0.1) is 0 Å². The van der Waals surface area contributed by atoms with Crippen molar-refractivity contribution in [2.75, 3.05) is 71.8 Å². The third kappa shape index (κ3) is 29.6. The van der Waals surface area contributed by atoms with E-state index < -0.39 is 12.8 Å². The van der Waals surface area contributed by atoms with E-state index in [1.807, 2.05) is 0 Å². The number of hydrogen-bond donors (Lipinski definition) is 0. The highest BCUT2D eigenvalue weighted by Crippen LogP contribution is 2.14. The molecular weight excluding hydrogens is 449 g/mol. The highest BCUT2D eigenvalue weighted by molar-refractivity contribution is 8.13. The molecule has 0 N–H and O–H groups in total. The molecule has 0 bridgehead atoms. The fraction of sp³-hybridized carbons (Fsp3) is 0.955. The van der Waals surface area contributed by atoms with Gasteiger partial charge in [-0.05, 0) is 12.8 Å². The Labute approximate surface area is 195 Å². The molecule has 6 nitrogen and oxygen atoms in total. The van der Waals surface area contributed by atoms with E-state index in [2.05, 4.69) is 4.74 Å². The molecule has 0 radical (unpaired) electrons. The molecule has 0 aromatic carbocycles. The second kappa shape index (κ2) is 23.8. The minimum absolute atomic E-state index is 0.0913. The van der Waals surface area contributed by atoms with Crippen molar-refractivity contribution in [3.8, 4) is 0 Å². The van der Waals surface area contributed by atoms with Crippen molar-refractivity contribution in [2.45, 2.75) is 64.5 Å². The number of rotatable bonds is 24. The Bertz CT molecular complexity index is 414. The fourth-order valence-electron chi connectivity index (χ4n) is 2.65. The van der Waals surface area contributed by atoms with Crippen LogP contribution in [0.4, 0.5) is 13.2 Å². The van der Waals surface area contributed by atoms with Crippen molar-refractivity contribution in [3.05, 3.63) is 0 Å². The molecule has 0 rings (SSSR count). The van der Waals surface area contributed by atoms with E-state index in [-0.39, 0.29) is 18.3 Å². The van der Waals surface area contributed by atoms with Crippen LogP contribution in [0.5, 0.6) is 0 Å². The van der Waals surface area contributed by atoms with Crippen LogP contribution in [0.3, 0.4) is 0 Å². The van der Waals surface area contributed by atoms with Gasteiger partial charge in [0.05, 0.1) is 52.9 Å². The topological polar surface area (TPSA) is 63.2 Å². The highest BCUT2D eigenvalue weighted by atomic mass is 32.2. The van der Waals surface area contributed by atoms with Crippen molar-refractivity contribution >= 4 is 16.9 Å². The third-order valence-electron chi connectivity index (χ3n) is 4.24. The predicted molar refractivity (Wildman–Crippen MR) is 120 cm³/mol. The zero-order valence-electron chi connectivity index (χ0n) is 19.4. The van der Waals surface area contributed by atoms with Crippen LogP contribution in [-0.4, -0.2) is 83.1 Å². The number of carbonyl (C=O) groups is 1. The first-order chi connectivity index (χ1) is 15.4. The lowest BCUT2D eigenvalue weighted by atomic mass is 10.1. The highest BCUT2D eigenvalue weighted by Gasteiger charge is 2.27. The lowest BCUT2D eigenvalue weighted by molar-refractivity contribution is -0.176. The van der Waals surface area contributed by atoms with E-state index in [0.29, 0.717) is 39.6 Å². The van der Waals surface area contributed by atoms with Crippen LogP contribution in [0.1, 0.15) is 58.3 Å². The van der Waals surface area contributed by atoms with Gasteiger partial charge in [-0.2, -0.15) is 13.2 Å². The maximum atomic E-state index is 11.8. The summed E-state index contributed by atoms with van der Waals surface area (Å²) in [7, 11) is 0. The van der Waals surface area contributed by atoms with E-state index in [9.17, 15) is 18.0 Å². The molecule has 0 fully saturated rings. The molecule has 0 amide bonds. The van der Waals surface area contributed by atoms with E-state index in [4.69, 9.17) is 18.9 Å². The normalized spacial score (nSPS) is 11.9. The first-order valence-corrected chi connectivity index (χ1v) is 12.5.